The molecule has 1 unspecified atom stereocenters. The Bertz CT molecular complexity index is 419. The van der Waals surface area contributed by atoms with Crippen LogP contribution in [0, 0.1) is 0 Å². The highest BCUT2D eigenvalue weighted by atomic mass is 32.2. The Labute approximate surface area is 114 Å². The first-order valence-electron chi connectivity index (χ1n) is 5.24. The molecule has 1 amide bonds. The van der Waals surface area contributed by atoms with Gasteiger partial charge < -0.3 is 15.2 Å². The lowest BCUT2D eigenvalue weighted by Crippen LogP contribution is -2.41. The van der Waals surface area contributed by atoms with Crippen LogP contribution in [0.1, 0.15) is 16.1 Å². The van der Waals surface area contributed by atoms with E-state index in [1.54, 1.807) is 0 Å². The third kappa shape index (κ3) is 4.01. The molecule has 0 radical (unpaired) electrons. The lowest BCUT2D eigenvalue weighted by Gasteiger charge is -2.13. The topological polar surface area (TPSA) is 75.6 Å². The van der Waals surface area contributed by atoms with E-state index in [1.165, 1.54) is 30.2 Å². The number of thiophene rings is 1. The van der Waals surface area contributed by atoms with Gasteiger partial charge in [-0.1, -0.05) is 0 Å². The third-order valence-electron chi connectivity index (χ3n) is 2.27. The van der Waals surface area contributed by atoms with Gasteiger partial charge in [0.2, 0.25) is 0 Å². The van der Waals surface area contributed by atoms with E-state index >= 15 is 0 Å². The van der Waals surface area contributed by atoms with Crippen molar-refractivity contribution in [3.63, 3.8) is 0 Å². The van der Waals surface area contributed by atoms with Crippen LogP contribution in [0.5, 0.6) is 0 Å². The van der Waals surface area contributed by atoms with Crippen molar-refractivity contribution in [2.45, 2.75) is 17.4 Å². The van der Waals surface area contributed by atoms with E-state index in [9.17, 15) is 9.59 Å². The Hall–Kier alpha value is -1.05. The maximum Gasteiger partial charge on any atom is 0.326 e. The molecule has 0 saturated heterocycles. The van der Waals surface area contributed by atoms with E-state index in [0.29, 0.717) is 4.88 Å². The van der Waals surface area contributed by atoms with Crippen LogP contribution in [0.3, 0.4) is 0 Å². The van der Waals surface area contributed by atoms with Crippen LogP contribution in [0.4, 0.5) is 0 Å². The standard InChI is InChI=1S/C11H15NO4S2/c1-16-5-3-7(11(14)15)12-10(13)9-8(17-2)4-6-18-9/h4,6-7H,3,5H2,1-2H3,(H,12,13)(H,14,15). The van der Waals surface area contributed by atoms with Crippen LogP contribution >= 0.6 is 23.1 Å². The summed E-state index contributed by atoms with van der Waals surface area (Å²) >= 11 is 2.76. The monoisotopic (exact) mass is 289 g/mol. The second-order valence-corrected chi connectivity index (χ2v) is 5.23. The number of nitrogens with one attached hydrogen (secondary N) is 1. The molecule has 0 saturated carbocycles. The number of amides is 1. The van der Waals surface area contributed by atoms with E-state index in [4.69, 9.17) is 9.84 Å². The lowest BCUT2D eigenvalue weighted by molar-refractivity contribution is -0.139. The number of aliphatic carboxylic acids is 1. The fraction of sp³-hybridized carbons (Fsp3) is 0.455. The van der Waals surface area contributed by atoms with Crippen LogP contribution in [0.25, 0.3) is 0 Å². The molecule has 1 rings (SSSR count). The molecule has 0 aliphatic carbocycles. The van der Waals surface area contributed by atoms with Crippen molar-refractivity contribution in [1.29, 1.82) is 0 Å². The fourth-order valence-electron chi connectivity index (χ4n) is 1.34. The number of carboxylic acids is 1. The molecule has 1 heterocycles. The molecule has 1 aromatic heterocycles. The summed E-state index contributed by atoms with van der Waals surface area (Å²) in [6.07, 6.45) is 2.12. The van der Waals surface area contributed by atoms with Crippen LogP contribution < -0.4 is 5.32 Å². The maximum atomic E-state index is 11.9. The van der Waals surface area contributed by atoms with Gasteiger partial charge in [-0.25, -0.2) is 4.79 Å². The number of carbonyl (C=O) groups is 2. The SMILES string of the molecule is COCCC(NC(=O)c1sccc1SC)C(=O)O. The summed E-state index contributed by atoms with van der Waals surface area (Å²) in [4.78, 5) is 24.3. The van der Waals surface area contributed by atoms with Gasteiger partial charge in [0.25, 0.3) is 5.91 Å². The molecule has 0 aromatic carbocycles. The van der Waals surface area contributed by atoms with Crippen molar-refractivity contribution < 1.29 is 19.4 Å². The molecule has 7 heteroatoms. The number of carboxylic acid groups (broad SMARTS) is 1. The molecule has 0 bridgehead atoms. The van der Waals surface area contributed by atoms with Gasteiger partial charge in [0.15, 0.2) is 0 Å². The van der Waals surface area contributed by atoms with Gasteiger partial charge in [-0.15, -0.1) is 23.1 Å². The lowest BCUT2D eigenvalue weighted by atomic mass is 10.2. The highest BCUT2D eigenvalue weighted by molar-refractivity contribution is 7.98. The molecule has 0 fully saturated rings. The Morgan fingerprint density at radius 1 is 1.61 bits per heavy atom. The Morgan fingerprint density at radius 2 is 2.33 bits per heavy atom. The van der Waals surface area contributed by atoms with Crippen molar-refractivity contribution >= 4 is 35.0 Å². The zero-order valence-corrected chi connectivity index (χ0v) is 11.8. The van der Waals surface area contributed by atoms with Gasteiger partial charge in [0, 0.05) is 25.0 Å². The quantitative estimate of drug-likeness (QED) is 0.747. The van der Waals surface area contributed by atoms with Gasteiger partial charge in [-0.3, -0.25) is 4.79 Å². The zero-order valence-electron chi connectivity index (χ0n) is 10.1. The Kier molecular flexibility index (Phi) is 6.17. The van der Waals surface area contributed by atoms with Crippen molar-refractivity contribution in [1.82, 2.24) is 5.32 Å². The highest BCUT2D eigenvalue weighted by Crippen LogP contribution is 2.25. The Morgan fingerprint density at radius 3 is 2.89 bits per heavy atom. The molecule has 0 aliphatic rings. The predicted molar refractivity (Wildman–Crippen MR) is 71.5 cm³/mol. The fourth-order valence-corrected chi connectivity index (χ4v) is 2.99. The minimum absolute atomic E-state index is 0.248. The van der Waals surface area contributed by atoms with E-state index in [-0.39, 0.29) is 18.9 Å². The minimum atomic E-state index is -1.05. The van der Waals surface area contributed by atoms with E-state index < -0.39 is 12.0 Å². The van der Waals surface area contributed by atoms with Crippen LogP contribution in [0.2, 0.25) is 0 Å². The number of rotatable bonds is 7. The molecule has 0 spiro atoms. The van der Waals surface area contributed by atoms with Gasteiger partial charge in [-0.2, -0.15) is 0 Å². The molecule has 100 valence electrons. The molecular formula is C11H15NO4S2. The number of methoxy groups -OCH3 is 1. The second-order valence-electron chi connectivity index (χ2n) is 3.46. The normalized spacial score (nSPS) is 12.1. The van der Waals surface area contributed by atoms with Crippen LogP contribution in [-0.4, -0.2) is 43.0 Å². The predicted octanol–water partition coefficient (Wildman–Crippen LogP) is 1.69. The molecule has 2 N–H and O–H groups in total. The highest BCUT2D eigenvalue weighted by Gasteiger charge is 2.22. The van der Waals surface area contributed by atoms with Gasteiger partial charge in [0.05, 0.1) is 0 Å². The average Bonchev–Trinajstić information content (AvgIpc) is 2.82. The molecule has 5 nitrogen and oxygen atoms in total. The second kappa shape index (κ2) is 7.40. The zero-order chi connectivity index (χ0) is 13.5. The average molecular weight is 289 g/mol. The summed E-state index contributed by atoms with van der Waals surface area (Å²) in [5, 5.41) is 13.3. The van der Waals surface area contributed by atoms with Crippen LogP contribution in [-0.2, 0) is 9.53 Å². The smallest absolute Gasteiger partial charge is 0.326 e. The van der Waals surface area contributed by atoms with Gasteiger partial charge in [0.1, 0.15) is 10.9 Å². The van der Waals surface area contributed by atoms with E-state index in [0.717, 1.165) is 4.90 Å². The van der Waals surface area contributed by atoms with Crippen molar-refractivity contribution in [2.24, 2.45) is 0 Å². The van der Waals surface area contributed by atoms with Crippen LogP contribution in [0.15, 0.2) is 16.3 Å². The van der Waals surface area contributed by atoms with Crippen molar-refractivity contribution in [2.75, 3.05) is 20.0 Å². The first kappa shape index (κ1) is 15.0. The summed E-state index contributed by atoms with van der Waals surface area (Å²) in [6.45, 7) is 0.289. The Balaban J connectivity index is 2.69. The summed E-state index contributed by atoms with van der Waals surface area (Å²) in [6, 6.07) is 0.920. The first-order valence-corrected chi connectivity index (χ1v) is 7.34. The van der Waals surface area contributed by atoms with E-state index in [2.05, 4.69) is 5.32 Å². The van der Waals surface area contributed by atoms with Crippen molar-refractivity contribution in [3.05, 3.63) is 16.3 Å². The maximum absolute atomic E-state index is 11.9. The summed E-state index contributed by atoms with van der Waals surface area (Å²) < 4.78 is 4.82. The summed E-state index contributed by atoms with van der Waals surface area (Å²) in [7, 11) is 1.49. The van der Waals surface area contributed by atoms with Gasteiger partial charge >= 0.3 is 5.97 Å². The minimum Gasteiger partial charge on any atom is -0.480 e. The number of hydrogen-bond acceptors (Lipinski definition) is 5. The number of carbonyl (C=O) groups excluding carboxylic acids is 1. The first-order chi connectivity index (χ1) is 8.60. The number of thioether (sulfide) groups is 1. The summed E-state index contributed by atoms with van der Waals surface area (Å²) in [5.41, 5.74) is 0. The molecule has 1 atom stereocenters. The van der Waals surface area contributed by atoms with E-state index in [1.807, 2.05) is 17.7 Å². The number of hydrogen-bond donors (Lipinski definition) is 2. The van der Waals surface area contributed by atoms with Gasteiger partial charge in [-0.05, 0) is 17.7 Å². The molecule has 18 heavy (non-hydrogen) atoms. The van der Waals surface area contributed by atoms with Crippen molar-refractivity contribution in [3.8, 4) is 0 Å². The molecule has 0 aliphatic heterocycles. The summed E-state index contributed by atoms with van der Waals surface area (Å²) in [5.74, 6) is -1.40. The largest absolute Gasteiger partial charge is 0.480 e. The molecular weight excluding hydrogens is 274 g/mol. The molecule has 1 aromatic rings. The number of ether oxygens (including phenoxy) is 1. The third-order valence-corrected chi connectivity index (χ3v) is 4.09.